The second-order valence-electron chi connectivity index (χ2n) is 10.0. The Morgan fingerprint density at radius 2 is 1.86 bits per heavy atom. The van der Waals surface area contributed by atoms with Crippen LogP contribution in [-0.2, 0) is 13.0 Å². The van der Waals surface area contributed by atoms with E-state index in [-0.39, 0.29) is 46.2 Å². The maximum atomic E-state index is 14.3. The third-order valence-corrected chi connectivity index (χ3v) is 7.29. The standard InChI is InChI=1S/C28H21FN8O7/c29-15-5-1-11(7-17(15)32-21-20(30)22(38)23(21)39)10-31-25(40)18-9-19(37-24(33-18)27(42)35-36-37)26(41)34-16-6-3-12-8-13(28(43)44)2-4-14(12)16/h1-2,4-5,7-9,16,32,42H,3,6,10,30H2,(H,31,40)(H,34,41)(H,43,44)/t16-/m0/s1. The number of halogens is 1. The lowest BCUT2D eigenvalue weighted by Crippen LogP contribution is -2.36. The molecule has 2 amide bonds. The number of aromatic carboxylic acids is 1. The van der Waals surface area contributed by atoms with E-state index in [0.29, 0.717) is 18.4 Å². The number of nitrogens with two attached hydrogens (primary N) is 1. The molecule has 2 heterocycles. The Balaban J connectivity index is 1.21. The Hall–Kier alpha value is -6.19. The lowest BCUT2D eigenvalue weighted by molar-refractivity contribution is 0.0696. The van der Waals surface area contributed by atoms with E-state index in [9.17, 15) is 38.6 Å². The van der Waals surface area contributed by atoms with Crippen molar-refractivity contribution in [2.75, 3.05) is 11.1 Å². The van der Waals surface area contributed by atoms with E-state index >= 15 is 0 Å². The lowest BCUT2D eigenvalue weighted by Gasteiger charge is -2.15. The molecule has 0 unspecified atom stereocenters. The van der Waals surface area contributed by atoms with E-state index in [4.69, 9.17) is 5.73 Å². The van der Waals surface area contributed by atoms with Crippen molar-refractivity contribution >= 4 is 40.5 Å². The summed E-state index contributed by atoms with van der Waals surface area (Å²) in [6.45, 7) is -0.135. The Bertz CT molecular complexity index is 2100. The average molecular weight is 601 g/mol. The number of hydrogen-bond donors (Lipinski definition) is 6. The number of nitrogens with zero attached hydrogens (tertiary/aromatic N) is 4. The van der Waals surface area contributed by atoms with Crippen LogP contribution in [0.15, 0.2) is 52.1 Å². The number of carbonyl (C=O) groups is 3. The van der Waals surface area contributed by atoms with E-state index in [0.717, 1.165) is 21.7 Å². The minimum Gasteiger partial charge on any atom is -0.489 e. The number of hydrogen-bond acceptors (Lipinski definition) is 11. The summed E-state index contributed by atoms with van der Waals surface area (Å²) in [5, 5.41) is 34.6. The van der Waals surface area contributed by atoms with E-state index in [1.165, 1.54) is 24.3 Å². The van der Waals surface area contributed by atoms with Gasteiger partial charge < -0.3 is 31.9 Å². The molecule has 0 bridgehead atoms. The Labute approximate surface area is 244 Å². The van der Waals surface area contributed by atoms with E-state index < -0.39 is 46.4 Å². The van der Waals surface area contributed by atoms with Crippen molar-refractivity contribution in [2.45, 2.75) is 25.4 Å². The zero-order valence-corrected chi connectivity index (χ0v) is 22.4. The molecular weight excluding hydrogens is 579 g/mol. The number of aryl methyl sites for hydroxylation is 1. The molecule has 0 fully saturated rings. The predicted octanol–water partition coefficient (Wildman–Crippen LogP) is 0.936. The third kappa shape index (κ3) is 4.83. The summed E-state index contributed by atoms with van der Waals surface area (Å²) in [7, 11) is 0. The highest BCUT2D eigenvalue weighted by Gasteiger charge is 2.28. The molecule has 15 nitrogen and oxygen atoms in total. The highest BCUT2D eigenvalue weighted by molar-refractivity contribution is 5.98. The number of anilines is 3. The van der Waals surface area contributed by atoms with Crippen molar-refractivity contribution in [1.82, 2.24) is 30.4 Å². The number of aromatic nitrogens is 4. The molecule has 6 rings (SSSR count). The smallest absolute Gasteiger partial charge is 0.335 e. The fraction of sp³-hybridized carbons (Fsp3) is 0.143. The van der Waals surface area contributed by atoms with Crippen LogP contribution in [-0.4, -0.2) is 47.8 Å². The molecule has 0 spiro atoms. The summed E-state index contributed by atoms with van der Waals surface area (Å²) < 4.78 is 15.3. The molecule has 44 heavy (non-hydrogen) atoms. The van der Waals surface area contributed by atoms with Gasteiger partial charge in [0.25, 0.3) is 28.6 Å². The largest absolute Gasteiger partial charge is 0.489 e. The molecule has 2 aromatic heterocycles. The number of amides is 2. The van der Waals surface area contributed by atoms with Crippen molar-refractivity contribution in [3.05, 3.63) is 102 Å². The third-order valence-electron chi connectivity index (χ3n) is 7.29. The molecular formula is C28H21FN8O7. The first-order valence-electron chi connectivity index (χ1n) is 13.1. The first-order chi connectivity index (χ1) is 21.0. The molecule has 1 atom stereocenters. The molecule has 3 aromatic carbocycles. The Morgan fingerprint density at radius 3 is 2.61 bits per heavy atom. The lowest BCUT2D eigenvalue weighted by atomic mass is 10.0. The van der Waals surface area contributed by atoms with Gasteiger partial charge in [-0.3, -0.25) is 19.2 Å². The van der Waals surface area contributed by atoms with Crippen LogP contribution in [0, 0.1) is 5.82 Å². The summed E-state index contributed by atoms with van der Waals surface area (Å²) >= 11 is 0. The van der Waals surface area contributed by atoms with Crippen molar-refractivity contribution in [3.8, 4) is 5.88 Å². The van der Waals surface area contributed by atoms with Crippen LogP contribution in [0.4, 0.5) is 21.5 Å². The topological polar surface area (TPSA) is 231 Å². The van der Waals surface area contributed by atoms with Crippen LogP contribution >= 0.6 is 0 Å². The van der Waals surface area contributed by atoms with Gasteiger partial charge in [0.05, 0.1) is 17.3 Å². The second-order valence-corrected chi connectivity index (χ2v) is 10.0. The number of nitrogens with one attached hydrogen (secondary N) is 3. The molecule has 0 aliphatic heterocycles. The van der Waals surface area contributed by atoms with Crippen LogP contribution in [0.2, 0.25) is 0 Å². The number of carboxylic acid groups (broad SMARTS) is 1. The first-order valence-corrected chi connectivity index (χ1v) is 13.1. The van der Waals surface area contributed by atoms with Gasteiger partial charge in [-0.2, -0.15) is 4.52 Å². The summed E-state index contributed by atoms with van der Waals surface area (Å²) in [4.78, 5) is 64.9. The molecule has 0 saturated carbocycles. The molecule has 222 valence electrons. The van der Waals surface area contributed by atoms with Gasteiger partial charge in [0.1, 0.15) is 28.6 Å². The van der Waals surface area contributed by atoms with Gasteiger partial charge in [-0.1, -0.05) is 22.4 Å². The highest BCUT2D eigenvalue weighted by Crippen LogP contribution is 2.32. The van der Waals surface area contributed by atoms with Crippen LogP contribution < -0.4 is 32.5 Å². The SMILES string of the molecule is Nc1c(Nc2cc(CNC(=O)c3cc(C(=O)N[C@H]4CCc5cc(C(=O)O)ccc54)n4nnc(O)c4n3)ccc2F)c(=O)c1=O. The summed E-state index contributed by atoms with van der Waals surface area (Å²) in [5.41, 5.74) is 4.52. The normalized spacial score (nSPS) is 14.0. The number of carboxylic acids is 1. The van der Waals surface area contributed by atoms with Crippen molar-refractivity contribution < 1.29 is 29.0 Å². The van der Waals surface area contributed by atoms with Crippen LogP contribution in [0.5, 0.6) is 5.88 Å². The minimum absolute atomic E-state index is 0.135. The molecule has 1 aliphatic rings. The molecule has 0 saturated heterocycles. The van der Waals surface area contributed by atoms with E-state index in [1.54, 1.807) is 12.1 Å². The number of nitrogen functional groups attached to an aromatic ring is 1. The Morgan fingerprint density at radius 1 is 1.07 bits per heavy atom. The van der Waals surface area contributed by atoms with Gasteiger partial charge in [-0.15, -0.1) is 0 Å². The maximum absolute atomic E-state index is 14.3. The molecule has 0 radical (unpaired) electrons. The summed E-state index contributed by atoms with van der Waals surface area (Å²) in [6.07, 6.45) is 1.06. The number of aromatic hydroxyl groups is 1. The molecule has 7 N–H and O–H groups in total. The van der Waals surface area contributed by atoms with Crippen molar-refractivity contribution in [2.24, 2.45) is 0 Å². The first kappa shape index (κ1) is 28.0. The minimum atomic E-state index is -1.06. The van der Waals surface area contributed by atoms with Gasteiger partial charge in [0.2, 0.25) is 5.65 Å². The molecule has 1 aliphatic carbocycles. The maximum Gasteiger partial charge on any atom is 0.335 e. The summed E-state index contributed by atoms with van der Waals surface area (Å²) in [6, 6.07) is 9.17. The van der Waals surface area contributed by atoms with Crippen molar-refractivity contribution in [1.29, 1.82) is 0 Å². The van der Waals surface area contributed by atoms with Gasteiger partial charge in [-0.05, 0) is 53.8 Å². The average Bonchev–Trinajstić information content (AvgIpc) is 3.60. The zero-order chi connectivity index (χ0) is 31.3. The van der Waals surface area contributed by atoms with Crippen LogP contribution in [0.1, 0.15) is 60.5 Å². The van der Waals surface area contributed by atoms with Crippen molar-refractivity contribution in [3.63, 3.8) is 0 Å². The molecule has 16 heteroatoms. The van der Waals surface area contributed by atoms with Gasteiger partial charge >= 0.3 is 5.97 Å². The summed E-state index contributed by atoms with van der Waals surface area (Å²) in [5.74, 6) is -3.80. The Kier molecular flexibility index (Phi) is 6.72. The highest BCUT2D eigenvalue weighted by atomic mass is 19.1. The fourth-order valence-corrected chi connectivity index (χ4v) is 5.00. The number of rotatable bonds is 8. The van der Waals surface area contributed by atoms with Crippen LogP contribution in [0.3, 0.4) is 0 Å². The number of fused-ring (bicyclic) bond motifs is 2. The quantitative estimate of drug-likeness (QED) is 0.137. The predicted molar refractivity (Wildman–Crippen MR) is 151 cm³/mol. The fourth-order valence-electron chi connectivity index (χ4n) is 5.00. The zero-order valence-electron chi connectivity index (χ0n) is 22.4. The molecule has 5 aromatic rings. The van der Waals surface area contributed by atoms with E-state index in [1.807, 2.05) is 0 Å². The van der Waals surface area contributed by atoms with Gasteiger partial charge in [-0.25, -0.2) is 14.2 Å². The number of carbonyl (C=O) groups excluding carboxylic acids is 2. The number of benzene rings is 2. The monoisotopic (exact) mass is 600 g/mol. The van der Waals surface area contributed by atoms with E-state index in [2.05, 4.69) is 31.2 Å². The van der Waals surface area contributed by atoms with Crippen LogP contribution in [0.25, 0.3) is 5.65 Å². The second kappa shape index (κ2) is 10.6. The van der Waals surface area contributed by atoms with Gasteiger partial charge in [0, 0.05) is 12.6 Å². The van der Waals surface area contributed by atoms with Gasteiger partial charge in [0.15, 0.2) is 0 Å².